The van der Waals surface area contributed by atoms with E-state index in [4.69, 9.17) is 0 Å². The minimum Gasteiger partial charge on any atom is -0.481 e. The van der Waals surface area contributed by atoms with E-state index >= 15 is 0 Å². The van der Waals surface area contributed by atoms with Crippen LogP contribution in [0.4, 0.5) is 0 Å². The fourth-order valence-electron chi connectivity index (χ4n) is 3.22. The number of rotatable bonds is 3. The van der Waals surface area contributed by atoms with E-state index in [2.05, 4.69) is 0 Å². The number of hydrogen-bond donors (Lipinski definition) is 1. The maximum Gasteiger partial charge on any atom is 0.306 e. The first kappa shape index (κ1) is 12.8. The summed E-state index contributed by atoms with van der Waals surface area (Å²) >= 11 is 0. The van der Waals surface area contributed by atoms with Crippen LogP contribution in [0.15, 0.2) is 24.3 Å². The zero-order valence-corrected chi connectivity index (χ0v) is 10.9. The van der Waals surface area contributed by atoms with Gasteiger partial charge >= 0.3 is 5.97 Å². The first-order chi connectivity index (χ1) is 9.59. The van der Waals surface area contributed by atoms with Gasteiger partial charge in [0.1, 0.15) is 0 Å². The smallest absolute Gasteiger partial charge is 0.306 e. The zero-order chi connectivity index (χ0) is 14.3. The second-order valence-electron chi connectivity index (χ2n) is 5.40. The van der Waals surface area contributed by atoms with E-state index in [1.54, 1.807) is 24.3 Å². The van der Waals surface area contributed by atoms with Crippen molar-refractivity contribution in [3.8, 4) is 0 Å². The minimum atomic E-state index is -0.830. The van der Waals surface area contributed by atoms with Crippen molar-refractivity contribution in [1.29, 1.82) is 0 Å². The Morgan fingerprint density at radius 3 is 2.30 bits per heavy atom. The predicted molar refractivity (Wildman–Crippen MR) is 70.3 cm³/mol. The molecule has 0 unspecified atom stereocenters. The lowest BCUT2D eigenvalue weighted by atomic mass is 9.95. The predicted octanol–water partition coefficient (Wildman–Crippen LogP) is 1.78. The Kier molecular flexibility index (Phi) is 3.04. The van der Waals surface area contributed by atoms with Crippen molar-refractivity contribution >= 4 is 17.8 Å². The van der Waals surface area contributed by atoms with Crippen LogP contribution in [0.1, 0.15) is 40.0 Å². The van der Waals surface area contributed by atoms with Gasteiger partial charge in [0.2, 0.25) is 0 Å². The van der Waals surface area contributed by atoms with Crippen molar-refractivity contribution in [2.45, 2.75) is 19.3 Å². The van der Waals surface area contributed by atoms with Crippen molar-refractivity contribution in [1.82, 2.24) is 4.90 Å². The first-order valence-electron chi connectivity index (χ1n) is 6.77. The summed E-state index contributed by atoms with van der Waals surface area (Å²) in [6, 6.07) is 6.73. The summed E-state index contributed by atoms with van der Waals surface area (Å²) in [6.07, 6.45) is 2.22. The number of carboxylic acids is 1. The second kappa shape index (κ2) is 4.74. The highest BCUT2D eigenvalue weighted by atomic mass is 16.4. The maximum atomic E-state index is 12.2. The Labute approximate surface area is 116 Å². The molecule has 1 saturated carbocycles. The number of benzene rings is 1. The Bertz CT molecular complexity index is 560. The molecule has 0 spiro atoms. The average molecular weight is 273 g/mol. The van der Waals surface area contributed by atoms with Crippen LogP contribution in [0.2, 0.25) is 0 Å². The fourth-order valence-corrected chi connectivity index (χ4v) is 3.22. The summed E-state index contributed by atoms with van der Waals surface area (Å²) in [7, 11) is 0. The van der Waals surface area contributed by atoms with Gasteiger partial charge in [0.15, 0.2) is 0 Å². The Hall–Kier alpha value is -2.17. The summed E-state index contributed by atoms with van der Waals surface area (Å²) in [5, 5.41) is 9.17. The highest BCUT2D eigenvalue weighted by molar-refractivity contribution is 6.21. The van der Waals surface area contributed by atoms with Gasteiger partial charge in [0.25, 0.3) is 11.8 Å². The molecule has 104 valence electrons. The number of aliphatic carboxylic acids is 1. The van der Waals surface area contributed by atoms with Crippen molar-refractivity contribution in [3.05, 3.63) is 35.4 Å². The van der Waals surface area contributed by atoms with E-state index in [0.717, 1.165) is 12.8 Å². The standard InChI is InChI=1S/C15H15NO4/c17-13-11-5-1-2-6-12(11)14(18)16(13)8-9-4-3-7-10(9)15(19)20/h1-2,5-6,9-10H,3-4,7-8H2,(H,19,20)/t9-,10+/m0/s1. The van der Waals surface area contributed by atoms with Gasteiger partial charge in [-0.25, -0.2) is 0 Å². The normalized spacial score (nSPS) is 25.1. The van der Waals surface area contributed by atoms with Gasteiger partial charge in [0.05, 0.1) is 17.0 Å². The lowest BCUT2D eigenvalue weighted by molar-refractivity contribution is -0.143. The van der Waals surface area contributed by atoms with Crippen LogP contribution in [0.25, 0.3) is 0 Å². The van der Waals surface area contributed by atoms with Crippen molar-refractivity contribution < 1.29 is 19.5 Å². The highest BCUT2D eigenvalue weighted by Crippen LogP contribution is 2.34. The molecule has 0 radical (unpaired) electrons. The topological polar surface area (TPSA) is 74.7 Å². The Morgan fingerprint density at radius 2 is 1.75 bits per heavy atom. The molecule has 0 saturated heterocycles. The van der Waals surface area contributed by atoms with Crippen molar-refractivity contribution in [2.24, 2.45) is 11.8 Å². The van der Waals surface area contributed by atoms with Crippen LogP contribution in [0.5, 0.6) is 0 Å². The average Bonchev–Trinajstić information content (AvgIpc) is 2.99. The monoisotopic (exact) mass is 273 g/mol. The molecule has 0 aromatic heterocycles. The number of imide groups is 1. The lowest BCUT2D eigenvalue weighted by Gasteiger charge is -2.21. The molecule has 2 atom stereocenters. The third-order valence-corrected chi connectivity index (χ3v) is 4.27. The molecular weight excluding hydrogens is 258 g/mol. The van der Waals surface area contributed by atoms with Crippen LogP contribution < -0.4 is 0 Å². The summed E-state index contributed by atoms with van der Waals surface area (Å²) < 4.78 is 0. The molecule has 3 rings (SSSR count). The second-order valence-corrected chi connectivity index (χ2v) is 5.40. The molecule has 2 amide bonds. The Balaban J connectivity index is 1.82. The van der Waals surface area contributed by atoms with Gasteiger partial charge in [0, 0.05) is 6.54 Å². The largest absolute Gasteiger partial charge is 0.481 e. The highest BCUT2D eigenvalue weighted by Gasteiger charge is 2.40. The number of carboxylic acid groups (broad SMARTS) is 1. The van der Waals surface area contributed by atoms with Gasteiger partial charge in [-0.1, -0.05) is 18.6 Å². The molecule has 20 heavy (non-hydrogen) atoms. The molecule has 1 N–H and O–H groups in total. The van der Waals surface area contributed by atoms with E-state index < -0.39 is 11.9 Å². The molecule has 1 aliphatic carbocycles. The number of nitrogens with zero attached hydrogens (tertiary/aromatic N) is 1. The summed E-state index contributed by atoms with van der Waals surface area (Å²) in [5.41, 5.74) is 0.838. The summed E-state index contributed by atoms with van der Waals surface area (Å²) in [5.74, 6) is -2.01. The third-order valence-electron chi connectivity index (χ3n) is 4.27. The van der Waals surface area contributed by atoms with E-state index in [0.29, 0.717) is 17.5 Å². The van der Waals surface area contributed by atoms with Gasteiger partial charge in [-0.05, 0) is 30.9 Å². The fraction of sp³-hybridized carbons (Fsp3) is 0.400. The number of fused-ring (bicyclic) bond motifs is 1. The lowest BCUT2D eigenvalue weighted by Crippen LogP contribution is -2.37. The van der Waals surface area contributed by atoms with E-state index in [9.17, 15) is 19.5 Å². The van der Waals surface area contributed by atoms with Crippen LogP contribution in [-0.2, 0) is 4.79 Å². The molecule has 1 aromatic rings. The van der Waals surface area contributed by atoms with E-state index in [-0.39, 0.29) is 24.3 Å². The minimum absolute atomic E-state index is 0.130. The Morgan fingerprint density at radius 1 is 1.15 bits per heavy atom. The molecule has 5 heteroatoms. The molecule has 1 heterocycles. The first-order valence-corrected chi connectivity index (χ1v) is 6.77. The number of amides is 2. The summed E-state index contributed by atoms with van der Waals surface area (Å²) in [6.45, 7) is 0.212. The SMILES string of the molecule is O=C(O)[C@@H]1CCC[C@H]1CN1C(=O)c2ccccc2C1=O. The molecule has 1 aliphatic heterocycles. The summed E-state index contributed by atoms with van der Waals surface area (Å²) in [4.78, 5) is 36.8. The van der Waals surface area contributed by atoms with Crippen LogP contribution in [0, 0.1) is 11.8 Å². The van der Waals surface area contributed by atoms with Crippen molar-refractivity contribution in [2.75, 3.05) is 6.54 Å². The maximum absolute atomic E-state index is 12.2. The molecule has 0 bridgehead atoms. The van der Waals surface area contributed by atoms with Gasteiger partial charge in [-0.2, -0.15) is 0 Å². The third kappa shape index (κ3) is 1.90. The van der Waals surface area contributed by atoms with E-state index in [1.807, 2.05) is 0 Å². The van der Waals surface area contributed by atoms with Gasteiger partial charge in [-0.3, -0.25) is 19.3 Å². The quantitative estimate of drug-likeness (QED) is 0.852. The van der Waals surface area contributed by atoms with Crippen LogP contribution in [0.3, 0.4) is 0 Å². The molecule has 5 nitrogen and oxygen atoms in total. The molecule has 1 aromatic carbocycles. The molecule has 2 aliphatic rings. The molecular formula is C15H15NO4. The van der Waals surface area contributed by atoms with Gasteiger partial charge < -0.3 is 5.11 Å². The zero-order valence-electron chi connectivity index (χ0n) is 10.9. The van der Waals surface area contributed by atoms with Crippen LogP contribution >= 0.6 is 0 Å². The number of carbonyl (C=O) groups excluding carboxylic acids is 2. The van der Waals surface area contributed by atoms with E-state index in [1.165, 1.54) is 4.90 Å². The van der Waals surface area contributed by atoms with Crippen molar-refractivity contribution in [3.63, 3.8) is 0 Å². The number of hydrogen-bond acceptors (Lipinski definition) is 3. The number of carbonyl (C=O) groups is 3. The van der Waals surface area contributed by atoms with Crippen LogP contribution in [-0.4, -0.2) is 34.3 Å². The molecule has 1 fully saturated rings. The van der Waals surface area contributed by atoms with Gasteiger partial charge in [-0.15, -0.1) is 0 Å².